The van der Waals surface area contributed by atoms with Crippen LogP contribution in [-0.2, 0) is 23.4 Å². The summed E-state index contributed by atoms with van der Waals surface area (Å²) in [6.45, 7) is 2.03. The molecular weight excluding hydrogens is 634 g/mol. The molecule has 1 saturated carbocycles. The van der Waals surface area contributed by atoms with E-state index >= 15 is 0 Å². The van der Waals surface area contributed by atoms with Gasteiger partial charge in [-0.15, -0.1) is 11.6 Å². The number of carbonyl (C=O) groups is 1. The largest absolute Gasteiger partial charge is 0.465 e. The molecule has 1 aliphatic heterocycles. The van der Waals surface area contributed by atoms with Crippen LogP contribution >= 0.6 is 19.3 Å². The fourth-order valence-electron chi connectivity index (χ4n) is 4.53. The van der Waals surface area contributed by atoms with Gasteiger partial charge in [-0.2, -0.15) is 28.2 Å². The number of nitrogens with two attached hydrogens (primary N) is 1. The van der Waals surface area contributed by atoms with Gasteiger partial charge in [-0.25, -0.2) is 9.55 Å². The van der Waals surface area contributed by atoms with Gasteiger partial charge in [-0.05, 0) is 38.8 Å². The molecule has 1 unspecified atom stereocenters. The van der Waals surface area contributed by atoms with E-state index in [9.17, 15) is 27.6 Å². The number of carbonyl (C=O) groups excluding carboxylic acids is 1. The number of benzene rings is 1. The maximum atomic E-state index is 14.6. The number of hydrogen-bond acceptors (Lipinski definition) is 12. The third kappa shape index (κ3) is 6.43. The number of imidazole rings is 1. The molecule has 0 bridgehead atoms. The molecule has 1 aromatic carbocycles. The molecule has 1 aliphatic carbocycles. The second kappa shape index (κ2) is 12.3. The first-order valence-electron chi connectivity index (χ1n) is 13.5. The predicted octanol–water partition coefficient (Wildman–Crippen LogP) is 3.53. The zero-order valence-corrected chi connectivity index (χ0v) is 25.1. The summed E-state index contributed by atoms with van der Waals surface area (Å²) in [5.41, 5.74) is 5.83. The van der Waals surface area contributed by atoms with Crippen LogP contribution in [0.15, 0.2) is 36.7 Å². The Morgan fingerprint density at radius 1 is 1.32 bits per heavy atom. The Morgan fingerprint density at radius 2 is 2.02 bits per heavy atom. The second-order valence-corrected chi connectivity index (χ2v) is 12.5. The third-order valence-corrected chi connectivity index (χ3v) is 9.13. The van der Waals surface area contributed by atoms with Gasteiger partial charge >= 0.3 is 19.9 Å². The van der Waals surface area contributed by atoms with Gasteiger partial charge in [0.25, 0.3) is 0 Å². The number of nitrogens with zero attached hydrogens (tertiary/aromatic N) is 4. The van der Waals surface area contributed by atoms with E-state index in [1.165, 1.54) is 19.1 Å². The van der Waals surface area contributed by atoms with E-state index in [0.29, 0.717) is 0 Å². The van der Waals surface area contributed by atoms with Crippen LogP contribution < -0.4 is 20.7 Å². The molecule has 14 nitrogen and oxygen atoms in total. The van der Waals surface area contributed by atoms with Crippen LogP contribution in [0.3, 0.4) is 0 Å². The molecule has 1 saturated heterocycles. The molecule has 3 heterocycles. The van der Waals surface area contributed by atoms with Crippen molar-refractivity contribution in [2.45, 2.75) is 68.3 Å². The number of aromatic nitrogens is 4. The normalized spacial score (nSPS) is 25.8. The molecule has 3 aromatic rings. The Balaban J connectivity index is 1.44. The highest BCUT2D eigenvalue weighted by Crippen LogP contribution is 2.55. The number of nitrogens with one attached hydrogen (secondary N) is 2. The molecule has 2 aliphatic rings. The molecule has 0 spiro atoms. The number of aliphatic hydroxyl groups excluding tert-OH is 1. The van der Waals surface area contributed by atoms with E-state index in [1.54, 1.807) is 25.1 Å². The average Bonchev–Trinajstić information content (AvgIpc) is 3.61. The molecule has 19 heteroatoms. The van der Waals surface area contributed by atoms with E-state index in [1.807, 2.05) is 0 Å². The third-order valence-electron chi connectivity index (χ3n) is 6.86. The molecule has 44 heavy (non-hydrogen) atoms. The van der Waals surface area contributed by atoms with Crippen LogP contribution in [0.5, 0.6) is 5.75 Å². The number of rotatable bonds is 12. The number of anilines is 2. The quantitative estimate of drug-likeness (QED) is 0.125. The molecule has 5 rings (SSSR count). The van der Waals surface area contributed by atoms with Crippen molar-refractivity contribution in [1.82, 2.24) is 24.6 Å². The number of alkyl halides is 4. The summed E-state index contributed by atoms with van der Waals surface area (Å²) in [6.07, 6.45) is -8.84. The summed E-state index contributed by atoms with van der Waals surface area (Å²) < 4.78 is 80.0. The Hall–Kier alpha value is -3.21. The second-order valence-electron chi connectivity index (χ2n) is 10.2. The number of aliphatic hydroxyl groups is 1. The Labute approximate surface area is 254 Å². The van der Waals surface area contributed by atoms with Crippen LogP contribution in [0.4, 0.5) is 24.9 Å². The van der Waals surface area contributed by atoms with Crippen molar-refractivity contribution in [2.75, 3.05) is 24.3 Å². The molecule has 6 atom stereocenters. The minimum absolute atomic E-state index is 0.0337. The number of halogens is 4. The predicted molar refractivity (Wildman–Crippen MR) is 151 cm³/mol. The molecule has 2 aromatic heterocycles. The lowest BCUT2D eigenvalue weighted by Gasteiger charge is -2.32. The van der Waals surface area contributed by atoms with Gasteiger partial charge in [0, 0.05) is 6.04 Å². The van der Waals surface area contributed by atoms with E-state index in [0.717, 1.165) is 23.7 Å². The summed E-state index contributed by atoms with van der Waals surface area (Å²) >= 11 is 6.19. The van der Waals surface area contributed by atoms with Gasteiger partial charge in [0.1, 0.15) is 24.0 Å². The van der Waals surface area contributed by atoms with Gasteiger partial charge in [0.05, 0.1) is 19.5 Å². The first-order valence-corrected chi connectivity index (χ1v) is 15.5. The minimum atomic E-state index is -5.24. The summed E-state index contributed by atoms with van der Waals surface area (Å²) in [4.78, 5) is 21.1. The van der Waals surface area contributed by atoms with Crippen molar-refractivity contribution in [2.24, 2.45) is 0 Å². The average molecular weight is 664 g/mol. The lowest BCUT2D eigenvalue weighted by molar-refractivity contribution is -0.195. The van der Waals surface area contributed by atoms with E-state index in [-0.39, 0.29) is 41.3 Å². The van der Waals surface area contributed by atoms with Crippen molar-refractivity contribution in [3.05, 3.63) is 36.7 Å². The number of esters is 1. The summed E-state index contributed by atoms with van der Waals surface area (Å²) in [7, 11) is -4.51. The first kappa shape index (κ1) is 32.2. The van der Waals surface area contributed by atoms with Crippen molar-refractivity contribution in [3.8, 4) is 5.75 Å². The van der Waals surface area contributed by atoms with Crippen LogP contribution in [-0.4, -0.2) is 79.2 Å². The highest BCUT2D eigenvalue weighted by atomic mass is 35.5. The highest BCUT2D eigenvalue weighted by molar-refractivity contribution is 7.52. The highest BCUT2D eigenvalue weighted by Gasteiger charge is 2.71. The monoisotopic (exact) mass is 663 g/mol. The van der Waals surface area contributed by atoms with Gasteiger partial charge in [0.15, 0.2) is 23.2 Å². The summed E-state index contributed by atoms with van der Waals surface area (Å²) in [5, 5.41) is 16.5. The van der Waals surface area contributed by atoms with E-state index in [4.69, 9.17) is 35.9 Å². The number of fused-ring (bicyclic) bond motifs is 1. The minimum Gasteiger partial charge on any atom is -0.465 e. The smallest absolute Gasteiger partial charge is 0.459 e. The Bertz CT molecular complexity index is 1550. The lowest BCUT2D eigenvalue weighted by Crippen LogP contribution is -2.53. The standard InChI is InChI=1S/C25H30ClF3N7O7P/c1-3-40-21(38)13(2)35-44(39,43-15-7-5-4-6-8-15)41-11-16-18(37)24(26,25(27,28)29)22(42-16)36-12-31-17-19(32-14-9-10-14)33-23(30)34-20(17)36/h4-8,12-14,16,18,22,37H,3,9-11H2,1-2H3,(H,35,39)(H3,30,32,33,34)/t13-,16-,18-,22-,24-,44?/m1/s1. The van der Waals surface area contributed by atoms with Crippen LogP contribution in [0.1, 0.15) is 32.9 Å². The van der Waals surface area contributed by atoms with Gasteiger partial charge in [-0.3, -0.25) is 13.9 Å². The Morgan fingerprint density at radius 3 is 2.66 bits per heavy atom. The molecule has 0 radical (unpaired) electrons. The Kier molecular flexibility index (Phi) is 8.99. The summed E-state index contributed by atoms with van der Waals surface area (Å²) in [6, 6.07) is 6.60. The van der Waals surface area contributed by atoms with Crippen molar-refractivity contribution < 1.29 is 46.2 Å². The van der Waals surface area contributed by atoms with Crippen molar-refractivity contribution in [1.29, 1.82) is 0 Å². The maximum Gasteiger partial charge on any atom is 0.459 e. The zero-order valence-electron chi connectivity index (χ0n) is 23.4. The van der Waals surface area contributed by atoms with E-state index < -0.39 is 55.9 Å². The zero-order chi connectivity index (χ0) is 31.9. The number of nitrogen functional groups attached to an aromatic ring is 1. The number of ether oxygens (including phenoxy) is 2. The molecule has 0 amide bonds. The van der Waals surface area contributed by atoms with Crippen LogP contribution in [0.25, 0.3) is 11.2 Å². The summed E-state index contributed by atoms with van der Waals surface area (Å²) in [5.74, 6) is -0.746. The van der Waals surface area contributed by atoms with Crippen molar-refractivity contribution >= 4 is 48.2 Å². The number of hydrogen-bond donors (Lipinski definition) is 4. The fourth-order valence-corrected chi connectivity index (χ4v) is 6.33. The molecule has 5 N–H and O–H groups in total. The SMILES string of the molecule is CCOC(=O)[C@@H](C)NP(=O)(OC[C@H]1O[C@@H](n2cnc3c(NC4CC4)nc(N)nc32)[C@@](Cl)(C(F)(F)F)[C@@H]1O)Oc1ccccc1. The van der Waals surface area contributed by atoms with Gasteiger partial charge in [0.2, 0.25) is 10.8 Å². The topological polar surface area (TPSA) is 185 Å². The van der Waals surface area contributed by atoms with Crippen LogP contribution in [0, 0.1) is 0 Å². The van der Waals surface area contributed by atoms with Gasteiger partial charge in [-0.1, -0.05) is 18.2 Å². The van der Waals surface area contributed by atoms with Crippen molar-refractivity contribution in [3.63, 3.8) is 0 Å². The first-order chi connectivity index (χ1) is 20.8. The van der Waals surface area contributed by atoms with E-state index in [2.05, 4.69) is 25.4 Å². The lowest BCUT2D eigenvalue weighted by atomic mass is 9.98. The fraction of sp³-hybridized carbons (Fsp3) is 0.520. The molecule has 240 valence electrons. The molecular formula is C25H30ClF3N7O7P. The van der Waals surface area contributed by atoms with Gasteiger partial charge < -0.3 is 30.2 Å². The maximum absolute atomic E-state index is 14.6. The number of para-hydroxylation sites is 1. The molecule has 2 fully saturated rings. The van der Waals surface area contributed by atoms with Crippen LogP contribution in [0.2, 0.25) is 0 Å².